The van der Waals surface area contributed by atoms with Gasteiger partial charge in [-0.25, -0.2) is 9.79 Å². The van der Waals surface area contributed by atoms with E-state index in [1.807, 2.05) is 18.2 Å². The first-order valence-corrected chi connectivity index (χ1v) is 12.2. The summed E-state index contributed by atoms with van der Waals surface area (Å²) in [5, 5.41) is 1.12. The summed E-state index contributed by atoms with van der Waals surface area (Å²) in [6.45, 7) is 1.73. The van der Waals surface area contributed by atoms with Gasteiger partial charge < -0.3 is 9.15 Å². The number of esters is 1. The summed E-state index contributed by atoms with van der Waals surface area (Å²) in [6, 6.07) is 17.3. The molecular formula is C26H18Cl2N2O4S. The van der Waals surface area contributed by atoms with Gasteiger partial charge >= 0.3 is 5.97 Å². The quantitative estimate of drug-likeness (QED) is 0.353. The summed E-state index contributed by atoms with van der Waals surface area (Å²) in [4.78, 5) is 31.3. The lowest BCUT2D eigenvalue weighted by Gasteiger charge is -2.24. The maximum absolute atomic E-state index is 13.6. The third-order valence-electron chi connectivity index (χ3n) is 5.65. The van der Waals surface area contributed by atoms with Crippen LogP contribution in [0, 0.1) is 0 Å². The molecule has 6 nitrogen and oxygen atoms in total. The van der Waals surface area contributed by atoms with Crippen molar-refractivity contribution in [3.8, 4) is 11.3 Å². The van der Waals surface area contributed by atoms with Crippen molar-refractivity contribution in [1.82, 2.24) is 4.57 Å². The van der Waals surface area contributed by atoms with Crippen molar-refractivity contribution in [3.05, 3.63) is 113 Å². The van der Waals surface area contributed by atoms with Crippen molar-refractivity contribution in [2.75, 3.05) is 7.11 Å². The molecule has 3 heterocycles. The predicted molar refractivity (Wildman–Crippen MR) is 136 cm³/mol. The molecule has 9 heteroatoms. The van der Waals surface area contributed by atoms with Gasteiger partial charge in [-0.1, -0.05) is 58.8 Å². The van der Waals surface area contributed by atoms with Crippen LogP contribution in [0.25, 0.3) is 17.4 Å². The molecule has 0 N–H and O–H groups in total. The Labute approximate surface area is 214 Å². The number of carbonyl (C=O) groups excluding carboxylic acids is 1. The minimum atomic E-state index is -0.701. The zero-order chi connectivity index (χ0) is 24.7. The zero-order valence-electron chi connectivity index (χ0n) is 18.6. The first-order chi connectivity index (χ1) is 16.9. The smallest absolute Gasteiger partial charge is 0.338 e. The lowest BCUT2D eigenvalue weighted by atomic mass is 9.96. The summed E-state index contributed by atoms with van der Waals surface area (Å²) in [5.41, 5.74) is 1.97. The number of furan rings is 1. The number of methoxy groups -OCH3 is 1. The first kappa shape index (κ1) is 23.4. The molecule has 4 aromatic rings. The number of hydrogen-bond donors (Lipinski definition) is 0. The van der Waals surface area contributed by atoms with Gasteiger partial charge in [0.05, 0.1) is 34.0 Å². The monoisotopic (exact) mass is 524 g/mol. The molecule has 1 aliphatic rings. The van der Waals surface area contributed by atoms with Crippen molar-refractivity contribution in [3.63, 3.8) is 0 Å². The number of thiazole rings is 1. The number of halogens is 2. The molecule has 0 amide bonds. The molecule has 0 unspecified atom stereocenters. The highest BCUT2D eigenvalue weighted by atomic mass is 35.5. The number of nitrogens with zero attached hydrogens (tertiary/aromatic N) is 2. The number of carbonyl (C=O) groups is 1. The number of aromatic nitrogens is 1. The lowest BCUT2D eigenvalue weighted by molar-refractivity contribution is -0.136. The molecule has 0 spiro atoms. The van der Waals surface area contributed by atoms with Gasteiger partial charge in [0.25, 0.3) is 5.56 Å². The molecule has 1 aliphatic heterocycles. The van der Waals surface area contributed by atoms with Crippen molar-refractivity contribution < 1.29 is 13.9 Å². The van der Waals surface area contributed by atoms with E-state index in [0.29, 0.717) is 42.2 Å². The number of ether oxygens (including phenoxy) is 1. The van der Waals surface area contributed by atoms with Crippen LogP contribution in [0.4, 0.5) is 0 Å². The normalized spacial score (nSPS) is 15.7. The highest BCUT2D eigenvalue weighted by molar-refractivity contribution is 7.07. The van der Waals surface area contributed by atoms with Gasteiger partial charge in [-0.05, 0) is 48.9 Å². The van der Waals surface area contributed by atoms with Gasteiger partial charge in [0.2, 0.25) is 0 Å². The Morgan fingerprint density at radius 2 is 1.86 bits per heavy atom. The number of rotatable bonds is 4. The van der Waals surface area contributed by atoms with Crippen molar-refractivity contribution >= 4 is 46.6 Å². The molecule has 0 fully saturated rings. The third-order valence-corrected chi connectivity index (χ3v) is 7.22. The molecule has 2 aromatic carbocycles. The fourth-order valence-electron chi connectivity index (χ4n) is 4.02. The van der Waals surface area contributed by atoms with Gasteiger partial charge in [0, 0.05) is 16.7 Å². The minimum absolute atomic E-state index is 0.293. The average molecular weight is 525 g/mol. The molecule has 0 aliphatic carbocycles. The Bertz CT molecular complexity index is 1660. The van der Waals surface area contributed by atoms with E-state index in [1.54, 1.807) is 55.5 Å². The first-order valence-electron chi connectivity index (χ1n) is 10.6. The van der Waals surface area contributed by atoms with E-state index in [-0.39, 0.29) is 5.56 Å². The van der Waals surface area contributed by atoms with E-state index >= 15 is 0 Å². The summed E-state index contributed by atoms with van der Waals surface area (Å²) >= 11 is 13.6. The van der Waals surface area contributed by atoms with Gasteiger partial charge in [-0.2, -0.15) is 0 Å². The fraction of sp³-hybridized carbons (Fsp3) is 0.115. The second-order valence-electron chi connectivity index (χ2n) is 7.81. The van der Waals surface area contributed by atoms with Crippen LogP contribution in [-0.4, -0.2) is 17.6 Å². The molecule has 0 saturated heterocycles. The van der Waals surface area contributed by atoms with Crippen LogP contribution in [0.1, 0.15) is 24.3 Å². The van der Waals surface area contributed by atoms with Gasteiger partial charge in [0.1, 0.15) is 11.5 Å². The van der Waals surface area contributed by atoms with E-state index in [4.69, 9.17) is 32.4 Å². The number of fused-ring (bicyclic) bond motifs is 1. The van der Waals surface area contributed by atoms with Gasteiger partial charge in [-0.3, -0.25) is 9.36 Å². The van der Waals surface area contributed by atoms with E-state index in [0.717, 1.165) is 11.1 Å². The largest absolute Gasteiger partial charge is 0.466 e. The van der Waals surface area contributed by atoms with Crippen LogP contribution in [0.2, 0.25) is 10.0 Å². The SMILES string of the molecule is COC(=O)C1=C(C)N=c2s/c(=C/c3ccc(-c4ccccc4Cl)o3)c(=O)n2[C@@H]1c1ccc(Cl)cc1. The number of hydrogen-bond acceptors (Lipinski definition) is 6. The highest BCUT2D eigenvalue weighted by Gasteiger charge is 2.33. The predicted octanol–water partition coefficient (Wildman–Crippen LogP) is 4.98. The fourth-order valence-corrected chi connectivity index (χ4v) is 5.40. The van der Waals surface area contributed by atoms with Crippen LogP contribution in [0.15, 0.2) is 86.1 Å². The molecule has 1 atom stereocenters. The average Bonchev–Trinajstić information content (AvgIpc) is 3.43. The van der Waals surface area contributed by atoms with Crippen molar-refractivity contribution in [2.24, 2.45) is 4.99 Å². The van der Waals surface area contributed by atoms with E-state index in [9.17, 15) is 9.59 Å². The number of benzene rings is 2. The third kappa shape index (κ3) is 4.27. The Balaban J connectivity index is 1.66. The van der Waals surface area contributed by atoms with E-state index < -0.39 is 12.0 Å². The molecule has 176 valence electrons. The van der Waals surface area contributed by atoms with E-state index in [1.165, 1.54) is 23.0 Å². The van der Waals surface area contributed by atoms with Crippen LogP contribution in [0.5, 0.6) is 0 Å². The molecule has 2 aromatic heterocycles. The summed E-state index contributed by atoms with van der Waals surface area (Å²) in [5.74, 6) is 0.547. The molecule has 5 rings (SSSR count). The molecule has 0 saturated carbocycles. The lowest BCUT2D eigenvalue weighted by Crippen LogP contribution is -2.39. The standard InChI is InChI=1S/C26H18Cl2N2O4S/c1-14-22(25(32)33-2)23(15-7-9-16(27)10-8-15)30-24(31)21(35-26(30)29-14)13-17-11-12-20(34-17)18-5-3-4-6-19(18)28/h3-13,23H,1-2H3/b21-13+/t23-/m1/s1. The maximum Gasteiger partial charge on any atom is 0.338 e. The summed E-state index contributed by atoms with van der Waals surface area (Å²) < 4.78 is 12.9. The Hall–Kier alpha value is -3.39. The maximum atomic E-state index is 13.6. The Morgan fingerprint density at radius 1 is 1.11 bits per heavy atom. The Kier molecular flexibility index (Phi) is 6.23. The highest BCUT2D eigenvalue weighted by Crippen LogP contribution is 2.32. The molecular weight excluding hydrogens is 507 g/mol. The Morgan fingerprint density at radius 3 is 2.57 bits per heavy atom. The van der Waals surface area contributed by atoms with E-state index in [2.05, 4.69) is 4.99 Å². The van der Waals surface area contributed by atoms with Gasteiger partial charge in [-0.15, -0.1) is 0 Å². The molecule has 35 heavy (non-hydrogen) atoms. The number of allylic oxidation sites excluding steroid dienone is 1. The zero-order valence-corrected chi connectivity index (χ0v) is 20.9. The van der Waals surface area contributed by atoms with Crippen LogP contribution >= 0.6 is 34.5 Å². The molecule has 0 radical (unpaired) electrons. The van der Waals surface area contributed by atoms with Crippen LogP contribution in [-0.2, 0) is 9.53 Å². The summed E-state index contributed by atoms with van der Waals surface area (Å²) in [7, 11) is 1.31. The van der Waals surface area contributed by atoms with Crippen molar-refractivity contribution in [2.45, 2.75) is 13.0 Å². The second kappa shape index (κ2) is 9.34. The molecule has 0 bridgehead atoms. The summed E-state index contributed by atoms with van der Waals surface area (Å²) in [6.07, 6.45) is 1.67. The van der Waals surface area contributed by atoms with Crippen LogP contribution < -0.4 is 14.9 Å². The topological polar surface area (TPSA) is 73.8 Å². The van der Waals surface area contributed by atoms with Crippen LogP contribution in [0.3, 0.4) is 0 Å². The second-order valence-corrected chi connectivity index (χ2v) is 9.66. The minimum Gasteiger partial charge on any atom is -0.466 e. The van der Waals surface area contributed by atoms with Gasteiger partial charge in [0.15, 0.2) is 4.80 Å². The van der Waals surface area contributed by atoms with Crippen molar-refractivity contribution in [1.29, 1.82) is 0 Å².